The minimum Gasteiger partial charge on any atom is -0.337 e. The van der Waals surface area contributed by atoms with Gasteiger partial charge in [-0.15, -0.1) is 11.3 Å². The predicted molar refractivity (Wildman–Crippen MR) is 91.5 cm³/mol. The highest BCUT2D eigenvalue weighted by atomic mass is 32.1. The third-order valence-corrected chi connectivity index (χ3v) is 4.65. The Kier molecular flexibility index (Phi) is 4.52. The quantitative estimate of drug-likeness (QED) is 0.747. The molecule has 0 fully saturated rings. The number of amides is 2. The van der Waals surface area contributed by atoms with Gasteiger partial charge in [-0.3, -0.25) is 0 Å². The number of hydrogen-bond acceptors (Lipinski definition) is 3. The van der Waals surface area contributed by atoms with Crippen molar-refractivity contribution < 1.29 is 9.18 Å². The number of benzene rings is 2. The van der Waals surface area contributed by atoms with Crippen molar-refractivity contribution in [3.8, 4) is 0 Å². The molecule has 1 aromatic heterocycles. The summed E-state index contributed by atoms with van der Waals surface area (Å²) in [6, 6.07) is 13.4. The summed E-state index contributed by atoms with van der Waals surface area (Å²) in [5, 5.41) is 6.38. The summed E-state index contributed by atoms with van der Waals surface area (Å²) in [5.74, 6) is -0.281. The van der Waals surface area contributed by atoms with Crippen molar-refractivity contribution in [1.29, 1.82) is 0 Å². The Balaban J connectivity index is 1.57. The van der Waals surface area contributed by atoms with Crippen LogP contribution in [0, 0.1) is 5.82 Å². The van der Waals surface area contributed by atoms with Crippen LogP contribution >= 0.6 is 11.3 Å². The molecule has 1 unspecified atom stereocenters. The molecule has 2 amide bonds. The van der Waals surface area contributed by atoms with Crippen LogP contribution in [0.3, 0.4) is 0 Å². The van der Waals surface area contributed by atoms with E-state index in [4.69, 9.17) is 0 Å². The molecule has 0 bridgehead atoms. The fourth-order valence-corrected chi connectivity index (χ4v) is 3.19. The van der Waals surface area contributed by atoms with Gasteiger partial charge in [0.2, 0.25) is 0 Å². The number of thiazole rings is 1. The van der Waals surface area contributed by atoms with E-state index < -0.39 is 0 Å². The second-order valence-electron chi connectivity index (χ2n) is 5.27. The normalized spacial score (nSPS) is 12.1. The van der Waals surface area contributed by atoms with Crippen molar-refractivity contribution >= 4 is 33.3 Å². The van der Waals surface area contributed by atoms with Gasteiger partial charge in [0.1, 0.15) is 5.82 Å². The molecular formula is C17H16FN3OS. The van der Waals surface area contributed by atoms with E-state index in [1.807, 2.05) is 31.2 Å². The molecule has 6 heteroatoms. The van der Waals surface area contributed by atoms with E-state index in [1.54, 1.807) is 23.5 Å². The fraction of sp³-hybridized carbons (Fsp3) is 0.176. The van der Waals surface area contributed by atoms with Crippen LogP contribution in [0.5, 0.6) is 0 Å². The molecule has 2 N–H and O–H groups in total. The molecule has 0 radical (unpaired) electrons. The number of rotatable bonds is 4. The lowest BCUT2D eigenvalue weighted by Crippen LogP contribution is -2.31. The maximum absolute atomic E-state index is 13.1. The van der Waals surface area contributed by atoms with Crippen LogP contribution in [-0.4, -0.2) is 17.6 Å². The van der Waals surface area contributed by atoms with Gasteiger partial charge in [-0.05, 0) is 30.3 Å². The molecule has 2 aromatic carbocycles. The van der Waals surface area contributed by atoms with Crippen LogP contribution < -0.4 is 10.6 Å². The zero-order chi connectivity index (χ0) is 16.2. The topological polar surface area (TPSA) is 54.0 Å². The van der Waals surface area contributed by atoms with E-state index in [9.17, 15) is 9.18 Å². The Labute approximate surface area is 137 Å². The summed E-state index contributed by atoms with van der Waals surface area (Å²) < 4.78 is 14.2. The average Bonchev–Trinajstić information content (AvgIpc) is 2.97. The van der Waals surface area contributed by atoms with E-state index in [0.29, 0.717) is 12.2 Å². The van der Waals surface area contributed by atoms with Gasteiger partial charge in [0.15, 0.2) is 0 Å². The van der Waals surface area contributed by atoms with Gasteiger partial charge < -0.3 is 10.6 Å². The first-order valence-corrected chi connectivity index (χ1v) is 8.09. The number of halogens is 1. The van der Waals surface area contributed by atoms with Crippen LogP contribution in [0.4, 0.5) is 14.9 Å². The first-order valence-electron chi connectivity index (χ1n) is 7.28. The van der Waals surface area contributed by atoms with E-state index in [-0.39, 0.29) is 17.8 Å². The fourth-order valence-electron chi connectivity index (χ4n) is 2.18. The first kappa shape index (κ1) is 15.4. The highest BCUT2D eigenvalue weighted by Gasteiger charge is 2.12. The third kappa shape index (κ3) is 3.84. The third-order valence-electron chi connectivity index (χ3n) is 3.38. The molecular weight excluding hydrogens is 313 g/mol. The molecule has 3 rings (SSSR count). The van der Waals surface area contributed by atoms with Gasteiger partial charge in [0, 0.05) is 18.2 Å². The molecule has 4 nitrogen and oxygen atoms in total. The summed E-state index contributed by atoms with van der Waals surface area (Å²) in [5.41, 5.74) is 1.40. The Morgan fingerprint density at radius 3 is 2.87 bits per heavy atom. The standard InChI is InChI=1S/C17H16FN3OS/c1-11(16-21-14-7-2-3-8-15(14)23-16)10-19-17(22)20-13-6-4-5-12(18)9-13/h2-9,11H,10H2,1H3,(H2,19,20,22). The van der Waals surface area contributed by atoms with Crippen LogP contribution in [0.25, 0.3) is 10.2 Å². The van der Waals surface area contributed by atoms with Crippen molar-refractivity contribution in [3.63, 3.8) is 0 Å². The lowest BCUT2D eigenvalue weighted by molar-refractivity contribution is 0.251. The van der Waals surface area contributed by atoms with Crippen LogP contribution in [0.15, 0.2) is 48.5 Å². The molecule has 3 aromatic rings. The molecule has 0 aliphatic rings. The summed E-state index contributed by atoms with van der Waals surface area (Å²) in [4.78, 5) is 16.5. The van der Waals surface area contributed by atoms with Crippen molar-refractivity contribution in [2.45, 2.75) is 12.8 Å². The minimum atomic E-state index is -0.384. The number of nitrogens with zero attached hydrogens (tertiary/aromatic N) is 1. The first-order chi connectivity index (χ1) is 11.1. The van der Waals surface area contributed by atoms with E-state index >= 15 is 0 Å². The van der Waals surface area contributed by atoms with Crippen molar-refractivity contribution in [3.05, 3.63) is 59.4 Å². The summed E-state index contributed by atoms with van der Waals surface area (Å²) in [6.07, 6.45) is 0. The van der Waals surface area contributed by atoms with Crippen molar-refractivity contribution in [2.75, 3.05) is 11.9 Å². The minimum absolute atomic E-state index is 0.102. The number of carbonyl (C=O) groups excluding carboxylic acids is 1. The number of urea groups is 1. The number of fused-ring (bicyclic) bond motifs is 1. The molecule has 0 aliphatic carbocycles. The molecule has 0 aliphatic heterocycles. The summed E-state index contributed by atoms with van der Waals surface area (Å²) in [6.45, 7) is 2.47. The van der Waals surface area contributed by atoms with Gasteiger partial charge in [-0.1, -0.05) is 25.1 Å². The lowest BCUT2D eigenvalue weighted by atomic mass is 10.2. The van der Waals surface area contributed by atoms with Gasteiger partial charge in [0.25, 0.3) is 0 Å². The number of anilines is 1. The van der Waals surface area contributed by atoms with E-state index in [1.165, 1.54) is 12.1 Å². The Morgan fingerprint density at radius 2 is 2.09 bits per heavy atom. The van der Waals surface area contributed by atoms with Gasteiger partial charge in [-0.2, -0.15) is 0 Å². The second kappa shape index (κ2) is 6.75. The highest BCUT2D eigenvalue weighted by Crippen LogP contribution is 2.26. The summed E-state index contributed by atoms with van der Waals surface area (Å²) in [7, 11) is 0. The number of aromatic nitrogens is 1. The molecule has 1 heterocycles. The molecule has 0 saturated heterocycles. The van der Waals surface area contributed by atoms with Crippen LogP contribution in [0.2, 0.25) is 0 Å². The summed E-state index contributed by atoms with van der Waals surface area (Å²) >= 11 is 1.63. The largest absolute Gasteiger partial charge is 0.337 e. The number of hydrogen-bond donors (Lipinski definition) is 2. The van der Waals surface area contributed by atoms with Gasteiger partial charge in [0.05, 0.1) is 15.2 Å². The second-order valence-corrected chi connectivity index (χ2v) is 6.33. The molecule has 1 atom stereocenters. The Bertz CT molecular complexity index is 800. The van der Waals surface area contributed by atoms with E-state index in [0.717, 1.165) is 15.2 Å². The van der Waals surface area contributed by atoms with Crippen LogP contribution in [-0.2, 0) is 0 Å². The molecule has 0 spiro atoms. The zero-order valence-corrected chi connectivity index (χ0v) is 13.4. The van der Waals surface area contributed by atoms with E-state index in [2.05, 4.69) is 15.6 Å². The maximum Gasteiger partial charge on any atom is 0.319 e. The zero-order valence-electron chi connectivity index (χ0n) is 12.5. The number of carbonyl (C=O) groups is 1. The number of para-hydroxylation sites is 1. The van der Waals surface area contributed by atoms with Gasteiger partial charge in [-0.25, -0.2) is 14.2 Å². The Morgan fingerprint density at radius 1 is 1.26 bits per heavy atom. The Hall–Kier alpha value is -2.47. The smallest absolute Gasteiger partial charge is 0.319 e. The molecule has 118 valence electrons. The number of nitrogens with one attached hydrogen (secondary N) is 2. The van der Waals surface area contributed by atoms with Crippen molar-refractivity contribution in [1.82, 2.24) is 10.3 Å². The molecule has 0 saturated carbocycles. The molecule has 23 heavy (non-hydrogen) atoms. The SMILES string of the molecule is CC(CNC(=O)Nc1cccc(F)c1)c1nc2ccccc2s1. The highest BCUT2D eigenvalue weighted by molar-refractivity contribution is 7.18. The average molecular weight is 329 g/mol. The van der Waals surface area contributed by atoms with Crippen molar-refractivity contribution in [2.24, 2.45) is 0 Å². The predicted octanol–water partition coefficient (Wildman–Crippen LogP) is 4.36. The van der Waals surface area contributed by atoms with Crippen LogP contribution in [0.1, 0.15) is 17.8 Å². The lowest BCUT2D eigenvalue weighted by Gasteiger charge is -2.11. The van der Waals surface area contributed by atoms with Gasteiger partial charge >= 0.3 is 6.03 Å². The maximum atomic E-state index is 13.1. The monoisotopic (exact) mass is 329 g/mol.